The third-order valence-electron chi connectivity index (χ3n) is 7.48. The second-order valence-electron chi connectivity index (χ2n) is 11.1. The highest BCUT2D eigenvalue weighted by molar-refractivity contribution is 5.79. The van der Waals surface area contributed by atoms with Crippen LogP contribution in [0.15, 0.2) is 24.3 Å². The van der Waals surface area contributed by atoms with Crippen LogP contribution in [0.25, 0.3) is 0 Å². The molecule has 0 atom stereocenters. The first kappa shape index (κ1) is 32.5. The Morgan fingerprint density at radius 1 is 0.643 bits per heavy atom. The number of nitrogens with two attached hydrogens (primary N) is 2. The number of anilines is 2. The molecule has 3 rings (SSSR count). The first-order valence-corrected chi connectivity index (χ1v) is 14.8. The second-order valence-corrected chi connectivity index (χ2v) is 11.1. The van der Waals surface area contributed by atoms with Crippen molar-refractivity contribution in [1.82, 2.24) is 14.9 Å². The Morgan fingerprint density at radius 2 is 1.02 bits per heavy atom. The summed E-state index contributed by atoms with van der Waals surface area (Å²) in [5.74, 6) is 0.674. The predicted octanol–water partition coefficient (Wildman–Crippen LogP) is 4.39. The van der Waals surface area contributed by atoms with E-state index in [9.17, 15) is 9.59 Å². The van der Waals surface area contributed by atoms with Gasteiger partial charge in [0.05, 0.1) is 13.1 Å². The number of primary amides is 2. The van der Waals surface area contributed by atoms with Crippen molar-refractivity contribution < 1.29 is 9.59 Å². The van der Waals surface area contributed by atoms with Crippen LogP contribution >= 0.6 is 0 Å². The Kier molecular flexibility index (Phi) is 11.4. The Labute approximate surface area is 250 Å². The molecule has 0 aliphatic carbocycles. The lowest BCUT2D eigenvalue weighted by Gasteiger charge is -2.29. The zero-order chi connectivity index (χ0) is 31.0. The molecule has 226 valence electrons. The van der Waals surface area contributed by atoms with Gasteiger partial charge in [0.1, 0.15) is 11.6 Å². The van der Waals surface area contributed by atoms with E-state index in [1.165, 1.54) is 27.8 Å². The summed E-state index contributed by atoms with van der Waals surface area (Å²) in [6.07, 6.45) is 2.43. The molecule has 0 fully saturated rings. The molecule has 0 unspecified atom stereocenters. The summed E-state index contributed by atoms with van der Waals surface area (Å²) in [5, 5.41) is 7.17. The monoisotopic (exact) mass is 573 g/mol. The number of hydrogen-bond donors (Lipinski definition) is 4. The smallest absolute Gasteiger partial charge is 0.231 e. The highest BCUT2D eigenvalue weighted by atomic mass is 16.2. The van der Waals surface area contributed by atoms with Gasteiger partial charge < -0.3 is 22.1 Å². The Morgan fingerprint density at radius 3 is 1.36 bits per heavy atom. The zero-order valence-corrected chi connectivity index (χ0v) is 26.3. The molecule has 0 aliphatic rings. The van der Waals surface area contributed by atoms with E-state index in [1.807, 2.05) is 13.8 Å². The van der Waals surface area contributed by atoms with E-state index in [-0.39, 0.29) is 13.1 Å². The largest absolute Gasteiger partial charge is 0.369 e. The summed E-state index contributed by atoms with van der Waals surface area (Å²) in [5.41, 5.74) is 22.7. The number of amides is 2. The highest BCUT2D eigenvalue weighted by Gasteiger charge is 2.24. The average Bonchev–Trinajstić information content (AvgIpc) is 2.88. The van der Waals surface area contributed by atoms with Crippen LogP contribution in [0.3, 0.4) is 0 Å². The fourth-order valence-electron chi connectivity index (χ4n) is 6.04. The van der Waals surface area contributed by atoms with E-state index < -0.39 is 11.8 Å². The summed E-state index contributed by atoms with van der Waals surface area (Å²) in [4.78, 5) is 35.0. The molecule has 0 saturated heterocycles. The number of aryl methyl sites for hydroxylation is 4. The topological polar surface area (TPSA) is 139 Å². The number of hydrogen-bond acceptors (Lipinski definition) is 7. The van der Waals surface area contributed by atoms with Crippen LogP contribution in [0.2, 0.25) is 0 Å². The van der Waals surface area contributed by atoms with E-state index in [2.05, 4.69) is 69.5 Å². The van der Waals surface area contributed by atoms with E-state index in [0.717, 1.165) is 59.0 Å². The Hall–Kier alpha value is -3.98. The van der Waals surface area contributed by atoms with Crippen molar-refractivity contribution in [1.29, 1.82) is 0 Å². The van der Waals surface area contributed by atoms with E-state index in [0.29, 0.717) is 19.6 Å². The van der Waals surface area contributed by atoms with Gasteiger partial charge in [-0.05, 0) is 116 Å². The minimum absolute atomic E-state index is 0.0507. The van der Waals surface area contributed by atoms with Crippen molar-refractivity contribution >= 4 is 23.5 Å². The molecule has 2 amide bonds. The lowest BCUT2D eigenvalue weighted by molar-refractivity contribution is -0.122. The van der Waals surface area contributed by atoms with Gasteiger partial charge >= 0.3 is 0 Å². The number of rotatable bonds is 15. The fraction of sp³-hybridized carbons (Fsp3) is 0.455. The minimum atomic E-state index is -0.497. The maximum Gasteiger partial charge on any atom is 0.231 e. The number of carbonyl (C=O) groups is 2. The van der Waals surface area contributed by atoms with Crippen LogP contribution in [0.1, 0.15) is 76.7 Å². The van der Waals surface area contributed by atoms with Crippen molar-refractivity contribution in [3.63, 3.8) is 0 Å². The molecular formula is C33H47N7O2. The first-order chi connectivity index (χ1) is 19.9. The average molecular weight is 574 g/mol. The predicted molar refractivity (Wildman–Crippen MR) is 170 cm³/mol. The van der Waals surface area contributed by atoms with Gasteiger partial charge in [0, 0.05) is 31.0 Å². The van der Waals surface area contributed by atoms with Gasteiger partial charge in [-0.2, -0.15) is 0 Å². The van der Waals surface area contributed by atoms with Crippen molar-refractivity contribution in [2.75, 3.05) is 23.7 Å². The first-order valence-electron chi connectivity index (χ1n) is 14.8. The van der Waals surface area contributed by atoms with Gasteiger partial charge in [-0.25, -0.2) is 9.97 Å². The van der Waals surface area contributed by atoms with Gasteiger partial charge in [0.15, 0.2) is 0 Å². The standard InChI is InChI=1S/C33H47N7O2/c1-8-24-27(15-36-32-13-20(4)11-22(6)38-32)25(9-2)29(17-40(18-30(34)41)19-31(35)42)26(10-3)28(24)16-37-33-14-21(5)12-23(7)39-33/h11-14H,8-10,15-19H2,1-7H3,(H2,34,41)(H2,35,42)(H,36,38)(H,37,39). The highest BCUT2D eigenvalue weighted by Crippen LogP contribution is 2.33. The molecule has 3 aromatic rings. The van der Waals surface area contributed by atoms with E-state index >= 15 is 0 Å². The number of nitrogens with zero attached hydrogens (tertiary/aromatic N) is 3. The van der Waals surface area contributed by atoms with Crippen LogP contribution in [0, 0.1) is 27.7 Å². The molecule has 9 heteroatoms. The molecule has 2 heterocycles. The number of pyridine rings is 2. The molecule has 1 aromatic carbocycles. The Balaban J connectivity index is 2.19. The third kappa shape index (κ3) is 8.52. The number of nitrogens with one attached hydrogen (secondary N) is 2. The summed E-state index contributed by atoms with van der Waals surface area (Å²) in [7, 11) is 0. The lowest BCUT2D eigenvalue weighted by Crippen LogP contribution is -2.39. The maximum absolute atomic E-state index is 11.9. The molecule has 0 spiro atoms. The number of carbonyl (C=O) groups excluding carboxylic acids is 2. The van der Waals surface area contributed by atoms with Crippen LogP contribution < -0.4 is 22.1 Å². The molecule has 0 radical (unpaired) electrons. The fourth-order valence-corrected chi connectivity index (χ4v) is 6.04. The van der Waals surface area contributed by atoms with Crippen LogP contribution in [0.5, 0.6) is 0 Å². The number of aromatic nitrogens is 2. The summed E-state index contributed by atoms with van der Waals surface area (Å²) >= 11 is 0. The van der Waals surface area contributed by atoms with Gasteiger partial charge in [-0.15, -0.1) is 0 Å². The molecule has 0 aliphatic heterocycles. The van der Waals surface area contributed by atoms with Gasteiger partial charge in [-0.3, -0.25) is 14.5 Å². The molecule has 2 aromatic heterocycles. The summed E-state index contributed by atoms with van der Waals surface area (Å²) < 4.78 is 0. The molecule has 6 N–H and O–H groups in total. The minimum Gasteiger partial charge on any atom is -0.369 e. The normalized spacial score (nSPS) is 11.1. The third-order valence-corrected chi connectivity index (χ3v) is 7.48. The molecular weight excluding hydrogens is 526 g/mol. The summed E-state index contributed by atoms with van der Waals surface area (Å²) in [6.45, 7) is 16.1. The van der Waals surface area contributed by atoms with E-state index in [1.54, 1.807) is 4.90 Å². The van der Waals surface area contributed by atoms with Crippen LogP contribution in [-0.2, 0) is 48.5 Å². The second kappa shape index (κ2) is 14.8. The van der Waals surface area contributed by atoms with E-state index in [4.69, 9.17) is 21.4 Å². The molecule has 42 heavy (non-hydrogen) atoms. The van der Waals surface area contributed by atoms with Crippen molar-refractivity contribution in [2.45, 2.75) is 87.4 Å². The van der Waals surface area contributed by atoms with Gasteiger partial charge in [0.2, 0.25) is 11.8 Å². The SMILES string of the molecule is CCc1c(CNc2cc(C)cc(C)n2)c(CC)c(CN(CC(N)=O)CC(N)=O)c(CC)c1CNc1cc(C)cc(C)n1. The van der Waals surface area contributed by atoms with Gasteiger partial charge in [-0.1, -0.05) is 20.8 Å². The zero-order valence-electron chi connectivity index (χ0n) is 26.3. The summed E-state index contributed by atoms with van der Waals surface area (Å²) in [6, 6.07) is 8.23. The Bertz CT molecular complexity index is 1290. The lowest BCUT2D eigenvalue weighted by atomic mass is 9.83. The molecule has 0 bridgehead atoms. The van der Waals surface area contributed by atoms with Crippen LogP contribution in [-0.4, -0.2) is 39.8 Å². The quantitative estimate of drug-likeness (QED) is 0.211. The maximum atomic E-state index is 11.9. The van der Waals surface area contributed by atoms with Crippen LogP contribution in [0.4, 0.5) is 11.6 Å². The van der Waals surface area contributed by atoms with Crippen molar-refractivity contribution in [3.05, 3.63) is 80.2 Å². The van der Waals surface area contributed by atoms with Crippen molar-refractivity contribution in [3.8, 4) is 0 Å². The van der Waals surface area contributed by atoms with Crippen molar-refractivity contribution in [2.24, 2.45) is 11.5 Å². The number of benzene rings is 1. The molecule has 0 saturated carbocycles. The molecule has 9 nitrogen and oxygen atoms in total. The van der Waals surface area contributed by atoms with Gasteiger partial charge in [0.25, 0.3) is 0 Å².